The molecule has 0 bridgehead atoms. The lowest BCUT2D eigenvalue weighted by Crippen LogP contribution is -2.57. The normalized spacial score (nSPS) is 24.2. The van der Waals surface area contributed by atoms with E-state index in [1.54, 1.807) is 19.1 Å². The molecule has 8 rings (SSSR count). The molecule has 2 aliphatic carbocycles. The molecule has 2 aromatic heterocycles. The number of nitrogens with zero attached hydrogens (tertiary/aromatic N) is 4. The van der Waals surface area contributed by atoms with Crippen LogP contribution in [0.5, 0.6) is 17.2 Å². The van der Waals surface area contributed by atoms with Crippen LogP contribution in [0.25, 0.3) is 21.6 Å². The van der Waals surface area contributed by atoms with E-state index in [0.29, 0.717) is 67.2 Å². The third-order valence-electron chi connectivity index (χ3n) is 11.6. The number of thiazole rings is 1. The summed E-state index contributed by atoms with van der Waals surface area (Å²) in [6.45, 7) is 5.01. The molecular weight excluding hydrogens is 793 g/mol. The number of pyridine rings is 1. The molecule has 4 aromatic rings. The average Bonchev–Trinajstić information content (AvgIpc) is 4.10. The summed E-state index contributed by atoms with van der Waals surface area (Å²) in [6, 6.07) is 13.6. The number of benzene rings is 2. The van der Waals surface area contributed by atoms with Gasteiger partial charge in [0.15, 0.2) is 0 Å². The van der Waals surface area contributed by atoms with Gasteiger partial charge in [-0.2, -0.15) is 0 Å². The molecule has 4 amide bonds. The van der Waals surface area contributed by atoms with Crippen molar-refractivity contribution in [3.05, 3.63) is 77.3 Å². The van der Waals surface area contributed by atoms with Gasteiger partial charge in [-0.1, -0.05) is 38.1 Å². The van der Waals surface area contributed by atoms with E-state index in [9.17, 15) is 22.8 Å². The fourth-order valence-corrected chi connectivity index (χ4v) is 10.2. The quantitative estimate of drug-likeness (QED) is 0.167. The summed E-state index contributed by atoms with van der Waals surface area (Å²) in [4.78, 5) is 56.3. The topological polar surface area (TPSA) is 169 Å². The maximum atomic E-state index is 14.8. The summed E-state index contributed by atoms with van der Waals surface area (Å²) in [6.07, 6.45) is 6.78. The molecule has 2 aliphatic heterocycles. The minimum absolute atomic E-state index is 0.0820. The first-order valence-electron chi connectivity index (χ1n) is 20.2. The van der Waals surface area contributed by atoms with Gasteiger partial charge < -0.3 is 29.3 Å². The van der Waals surface area contributed by atoms with Gasteiger partial charge in [0.2, 0.25) is 15.9 Å². The number of carbonyl (C=O) groups is 3. The fraction of sp³-hybridized carbons (Fsp3) is 0.465. The number of hydrogen-bond acceptors (Lipinski definition) is 11. The fourth-order valence-electron chi connectivity index (χ4n) is 7.87. The van der Waals surface area contributed by atoms with Gasteiger partial charge in [0, 0.05) is 48.3 Å². The largest absolute Gasteiger partial charge is 0.497 e. The van der Waals surface area contributed by atoms with Crippen LogP contribution in [0.3, 0.4) is 0 Å². The van der Waals surface area contributed by atoms with Crippen LogP contribution in [0.1, 0.15) is 76.0 Å². The Kier molecular flexibility index (Phi) is 11.3. The lowest BCUT2D eigenvalue weighted by atomic mass is 10.1. The summed E-state index contributed by atoms with van der Waals surface area (Å²) in [5, 5.41) is 5.83. The second-order valence-electron chi connectivity index (χ2n) is 16.2. The van der Waals surface area contributed by atoms with Gasteiger partial charge in [-0.25, -0.2) is 23.2 Å². The smallest absolute Gasteiger partial charge is 0.321 e. The first-order valence-corrected chi connectivity index (χ1v) is 22.6. The van der Waals surface area contributed by atoms with Crippen LogP contribution in [0.4, 0.5) is 4.79 Å². The van der Waals surface area contributed by atoms with Crippen LogP contribution in [-0.2, 0) is 26.2 Å². The second kappa shape index (κ2) is 16.4. The zero-order valence-electron chi connectivity index (χ0n) is 33.7. The third kappa shape index (κ3) is 8.60. The number of methoxy groups -OCH3 is 2. The SMILES string of the molecule is COc1ccc(CN2CCCC/C=C\[C@@H]3C[C@@]3(C(=O)NS(=O)(=O)C3CC3)NC(=O)[C@@H]3C[C@@H](Oc4cc(-c5nc(C(C)C)cs5)nc5cc(OC)ccc45)CN3C2=O)cc1. The highest BCUT2D eigenvalue weighted by atomic mass is 32.2. The molecule has 0 spiro atoms. The molecule has 4 aliphatic rings. The molecule has 2 N–H and O–H groups in total. The van der Waals surface area contributed by atoms with Crippen molar-refractivity contribution in [1.29, 1.82) is 0 Å². The van der Waals surface area contributed by atoms with Gasteiger partial charge in [0.1, 0.15) is 45.6 Å². The van der Waals surface area contributed by atoms with Crippen molar-refractivity contribution in [2.24, 2.45) is 5.92 Å². The molecule has 16 heteroatoms. The second-order valence-corrected chi connectivity index (χ2v) is 19.0. The van der Waals surface area contributed by atoms with Crippen molar-refractivity contribution < 1.29 is 37.0 Å². The highest BCUT2D eigenvalue weighted by Gasteiger charge is 2.62. The highest BCUT2D eigenvalue weighted by molar-refractivity contribution is 7.91. The Bertz CT molecular complexity index is 2380. The first-order chi connectivity index (χ1) is 28.4. The van der Waals surface area contributed by atoms with E-state index < -0.39 is 50.7 Å². The number of aromatic nitrogens is 2. The van der Waals surface area contributed by atoms with E-state index in [1.165, 1.54) is 16.2 Å². The zero-order chi connectivity index (χ0) is 41.5. The van der Waals surface area contributed by atoms with Gasteiger partial charge in [0.25, 0.3) is 5.91 Å². The molecule has 312 valence electrons. The summed E-state index contributed by atoms with van der Waals surface area (Å²) >= 11 is 1.50. The summed E-state index contributed by atoms with van der Waals surface area (Å²) in [5.74, 6) is 0.384. The number of hydrogen-bond donors (Lipinski definition) is 2. The van der Waals surface area contributed by atoms with Crippen LogP contribution >= 0.6 is 11.3 Å². The number of ether oxygens (including phenoxy) is 3. The molecule has 14 nitrogen and oxygen atoms in total. The maximum absolute atomic E-state index is 14.8. The Morgan fingerprint density at radius 1 is 1.03 bits per heavy atom. The Morgan fingerprint density at radius 3 is 2.51 bits per heavy atom. The van der Waals surface area contributed by atoms with Gasteiger partial charge in [-0.15, -0.1) is 11.3 Å². The molecular formula is C43H50N6O8S2. The number of fused-ring (bicyclic) bond motifs is 3. The predicted molar refractivity (Wildman–Crippen MR) is 224 cm³/mol. The van der Waals surface area contributed by atoms with Crippen LogP contribution in [0, 0.1) is 5.92 Å². The van der Waals surface area contributed by atoms with E-state index in [1.807, 2.05) is 66.1 Å². The lowest BCUT2D eigenvalue weighted by Gasteiger charge is -2.32. The molecule has 4 heterocycles. The van der Waals surface area contributed by atoms with Crippen molar-refractivity contribution in [2.45, 2.75) is 94.2 Å². The molecule has 0 radical (unpaired) electrons. The van der Waals surface area contributed by atoms with E-state index in [-0.39, 0.29) is 31.3 Å². The van der Waals surface area contributed by atoms with Gasteiger partial charge >= 0.3 is 6.03 Å². The predicted octanol–water partition coefficient (Wildman–Crippen LogP) is 6.17. The number of rotatable bonds is 11. The number of allylic oxidation sites excluding steroid dienone is 1. The highest BCUT2D eigenvalue weighted by Crippen LogP contribution is 2.46. The summed E-state index contributed by atoms with van der Waals surface area (Å²) in [5.41, 5.74) is 1.65. The average molecular weight is 843 g/mol. The Hall–Kier alpha value is -5.22. The number of carbonyl (C=O) groups excluding carboxylic acids is 3. The van der Waals surface area contributed by atoms with Crippen LogP contribution in [0.15, 0.2) is 66.1 Å². The van der Waals surface area contributed by atoms with Crippen molar-refractivity contribution in [1.82, 2.24) is 29.8 Å². The summed E-state index contributed by atoms with van der Waals surface area (Å²) < 4.78 is 45.8. The third-order valence-corrected chi connectivity index (χ3v) is 14.3. The van der Waals surface area contributed by atoms with Gasteiger partial charge in [-0.3, -0.25) is 14.3 Å². The monoisotopic (exact) mass is 842 g/mol. The number of amides is 4. The molecule has 2 aromatic carbocycles. The molecule has 4 atom stereocenters. The maximum Gasteiger partial charge on any atom is 0.321 e. The minimum Gasteiger partial charge on any atom is -0.497 e. The standard InChI is InChI=1S/C43H50N6O8S2/c1-26(2)36-25-58-40(45-36)35-21-38(33-17-14-30(56-4)19-34(33)44-35)57-31-20-37-39(50)46-43(41(51)47-59(53,54)32-15-16-32)22-28(43)9-7-5-6-8-18-48(42(52)49(37)24-31)23-27-10-12-29(55-3)13-11-27/h7,9-14,17,19,21,25-26,28,31-32,37H,5-6,8,15-16,18,20,22-24H2,1-4H3,(H,46,50)(H,47,51)/b9-7-/t28-,31-,37+,43-/m1/s1. The Morgan fingerprint density at radius 2 is 1.80 bits per heavy atom. The van der Waals surface area contributed by atoms with Crippen LogP contribution in [0.2, 0.25) is 0 Å². The molecule has 2 saturated carbocycles. The van der Waals surface area contributed by atoms with Gasteiger partial charge in [0.05, 0.1) is 37.2 Å². The van der Waals surface area contributed by atoms with Crippen molar-refractivity contribution in [2.75, 3.05) is 27.3 Å². The van der Waals surface area contributed by atoms with Crippen molar-refractivity contribution in [3.8, 4) is 28.0 Å². The zero-order valence-corrected chi connectivity index (χ0v) is 35.3. The number of sulfonamides is 1. The van der Waals surface area contributed by atoms with E-state index in [0.717, 1.165) is 28.1 Å². The molecule has 0 unspecified atom stereocenters. The molecule has 59 heavy (non-hydrogen) atoms. The first kappa shape index (κ1) is 40.6. The minimum atomic E-state index is -3.88. The van der Waals surface area contributed by atoms with Gasteiger partial charge in [-0.05, 0) is 74.3 Å². The Labute approximate surface area is 348 Å². The van der Waals surface area contributed by atoms with Crippen molar-refractivity contribution in [3.63, 3.8) is 0 Å². The van der Waals surface area contributed by atoms with E-state index >= 15 is 0 Å². The number of nitrogens with one attached hydrogen (secondary N) is 2. The van der Waals surface area contributed by atoms with Crippen LogP contribution < -0.4 is 24.2 Å². The molecule has 3 fully saturated rings. The summed E-state index contributed by atoms with van der Waals surface area (Å²) in [7, 11) is -0.684. The lowest BCUT2D eigenvalue weighted by molar-refractivity contribution is -0.131. The van der Waals surface area contributed by atoms with E-state index in [2.05, 4.69) is 23.9 Å². The van der Waals surface area contributed by atoms with E-state index in [4.69, 9.17) is 24.2 Å². The number of urea groups is 1. The molecule has 1 saturated heterocycles. The van der Waals surface area contributed by atoms with Crippen molar-refractivity contribution >= 4 is 50.1 Å². The Balaban J connectivity index is 1.13. The van der Waals surface area contributed by atoms with Crippen LogP contribution in [-0.4, -0.2) is 96.3 Å².